The highest BCUT2D eigenvalue weighted by molar-refractivity contribution is 7.10. The molecule has 3 aromatic rings. The van der Waals surface area contributed by atoms with Crippen molar-refractivity contribution in [2.75, 3.05) is 26.7 Å². The van der Waals surface area contributed by atoms with Gasteiger partial charge in [-0.15, -0.1) is 11.3 Å². The van der Waals surface area contributed by atoms with Crippen LogP contribution in [0.5, 0.6) is 5.75 Å². The fourth-order valence-electron chi connectivity index (χ4n) is 4.83. The summed E-state index contributed by atoms with van der Waals surface area (Å²) >= 11 is 1.61. The number of likely N-dealkylation sites (tertiary alicyclic amines) is 1. The molecule has 0 amide bonds. The van der Waals surface area contributed by atoms with E-state index in [0.717, 1.165) is 24.2 Å². The zero-order valence-corrected chi connectivity index (χ0v) is 20.5. The van der Waals surface area contributed by atoms with Crippen LogP contribution in [0.1, 0.15) is 48.6 Å². The SMILES string of the molecule is COc1ccc2ncc(F)c(C(O)CCC3(CC(=O)O)CCN(CC#Cc4cccs4)CC3)c2c1. The van der Waals surface area contributed by atoms with Crippen molar-refractivity contribution in [3.63, 3.8) is 0 Å². The van der Waals surface area contributed by atoms with Gasteiger partial charge in [-0.1, -0.05) is 17.9 Å². The van der Waals surface area contributed by atoms with Gasteiger partial charge in [-0.3, -0.25) is 14.7 Å². The summed E-state index contributed by atoms with van der Waals surface area (Å²) < 4.78 is 20.0. The smallest absolute Gasteiger partial charge is 0.303 e. The molecule has 2 N–H and O–H groups in total. The second kappa shape index (κ2) is 11.2. The van der Waals surface area contributed by atoms with Crippen LogP contribution in [0.3, 0.4) is 0 Å². The maximum atomic E-state index is 14.8. The van der Waals surface area contributed by atoms with Crippen molar-refractivity contribution >= 4 is 28.2 Å². The van der Waals surface area contributed by atoms with Crippen LogP contribution in [0.4, 0.5) is 4.39 Å². The van der Waals surface area contributed by atoms with Crippen LogP contribution < -0.4 is 4.74 Å². The van der Waals surface area contributed by atoms with Crippen molar-refractivity contribution in [1.82, 2.24) is 9.88 Å². The number of hydrogen-bond acceptors (Lipinski definition) is 6. The van der Waals surface area contributed by atoms with E-state index in [1.807, 2.05) is 17.5 Å². The predicted octanol–water partition coefficient (Wildman–Crippen LogP) is 4.87. The van der Waals surface area contributed by atoms with E-state index in [1.54, 1.807) is 29.5 Å². The topological polar surface area (TPSA) is 82.9 Å². The molecule has 6 nitrogen and oxygen atoms in total. The Hall–Kier alpha value is -2.99. The average molecular weight is 497 g/mol. The second-order valence-corrected chi connectivity index (χ2v) is 10.0. The lowest BCUT2D eigenvalue weighted by Gasteiger charge is -2.41. The number of methoxy groups -OCH3 is 1. The minimum absolute atomic E-state index is 0.0296. The lowest BCUT2D eigenvalue weighted by atomic mass is 9.71. The molecule has 1 fully saturated rings. The lowest BCUT2D eigenvalue weighted by Crippen LogP contribution is -2.41. The van der Waals surface area contributed by atoms with Crippen LogP contribution in [0, 0.1) is 23.1 Å². The highest BCUT2D eigenvalue weighted by atomic mass is 32.1. The molecule has 8 heteroatoms. The molecule has 4 rings (SSSR count). The molecular formula is C27H29FN2O4S. The highest BCUT2D eigenvalue weighted by Crippen LogP contribution is 2.42. The third-order valence-electron chi connectivity index (χ3n) is 6.83. The van der Waals surface area contributed by atoms with Crippen molar-refractivity contribution in [3.8, 4) is 17.6 Å². The number of carbonyl (C=O) groups is 1. The molecular weight excluding hydrogens is 467 g/mol. The van der Waals surface area contributed by atoms with Gasteiger partial charge in [0.25, 0.3) is 0 Å². The fraction of sp³-hybridized carbons (Fsp3) is 0.407. The maximum absolute atomic E-state index is 14.8. The van der Waals surface area contributed by atoms with E-state index in [1.165, 1.54) is 7.11 Å². The number of hydrogen-bond donors (Lipinski definition) is 2. The van der Waals surface area contributed by atoms with Crippen LogP contribution in [0.25, 0.3) is 10.9 Å². The number of aromatic nitrogens is 1. The van der Waals surface area contributed by atoms with Crippen molar-refractivity contribution in [2.24, 2.45) is 5.41 Å². The van der Waals surface area contributed by atoms with Crippen LogP contribution >= 0.6 is 11.3 Å². The summed E-state index contributed by atoms with van der Waals surface area (Å²) in [5.74, 6) is 5.48. The number of aliphatic hydroxyl groups excluding tert-OH is 1. The molecule has 3 heterocycles. The molecule has 0 saturated carbocycles. The Labute approximate surface area is 208 Å². The third kappa shape index (κ3) is 6.17. The standard InChI is InChI=1S/C27H29FN2O4S/c1-34-19-6-7-23-21(16-19)26(22(28)18-29-23)24(31)8-9-27(17-25(32)33)10-13-30(14-11-27)12-2-4-20-5-3-15-35-20/h3,5-7,15-16,18,24,31H,8-14,17H2,1H3,(H,32,33). The molecule has 0 spiro atoms. The summed E-state index contributed by atoms with van der Waals surface area (Å²) in [4.78, 5) is 19.1. The van der Waals surface area contributed by atoms with Gasteiger partial charge >= 0.3 is 5.97 Å². The van der Waals surface area contributed by atoms with Gasteiger partial charge in [-0.25, -0.2) is 4.39 Å². The Morgan fingerprint density at radius 2 is 2.14 bits per heavy atom. The van der Waals surface area contributed by atoms with E-state index < -0.39 is 23.3 Å². The first-order chi connectivity index (χ1) is 16.9. The number of fused-ring (bicyclic) bond motifs is 1. The first kappa shape index (κ1) is 25.1. The predicted molar refractivity (Wildman–Crippen MR) is 134 cm³/mol. The Morgan fingerprint density at radius 3 is 2.83 bits per heavy atom. The van der Waals surface area contributed by atoms with E-state index in [0.29, 0.717) is 42.5 Å². The molecule has 1 unspecified atom stereocenters. The van der Waals surface area contributed by atoms with Crippen LogP contribution in [0.15, 0.2) is 41.9 Å². The zero-order valence-electron chi connectivity index (χ0n) is 19.7. The largest absolute Gasteiger partial charge is 0.497 e. The first-order valence-electron chi connectivity index (χ1n) is 11.7. The normalized spacial score (nSPS) is 16.4. The second-order valence-electron chi connectivity index (χ2n) is 9.08. The monoisotopic (exact) mass is 496 g/mol. The van der Waals surface area contributed by atoms with Crippen molar-refractivity contribution in [1.29, 1.82) is 0 Å². The van der Waals surface area contributed by atoms with Gasteiger partial charge in [0, 0.05) is 10.9 Å². The molecule has 184 valence electrons. The van der Waals surface area contributed by atoms with E-state index >= 15 is 0 Å². The number of piperidine rings is 1. The van der Waals surface area contributed by atoms with E-state index in [2.05, 4.69) is 21.7 Å². The van der Waals surface area contributed by atoms with Crippen LogP contribution in [-0.4, -0.2) is 52.8 Å². The van der Waals surface area contributed by atoms with Gasteiger partial charge in [0.15, 0.2) is 0 Å². The summed E-state index contributed by atoms with van der Waals surface area (Å²) in [6.07, 6.45) is 2.21. The Kier molecular flexibility index (Phi) is 8.01. The van der Waals surface area contributed by atoms with Gasteiger partial charge in [0.1, 0.15) is 11.6 Å². The van der Waals surface area contributed by atoms with E-state index in [9.17, 15) is 19.4 Å². The number of thiophene rings is 1. The number of pyridine rings is 1. The quantitative estimate of drug-likeness (QED) is 0.433. The fourth-order valence-corrected chi connectivity index (χ4v) is 5.42. The summed E-state index contributed by atoms with van der Waals surface area (Å²) in [7, 11) is 1.53. The van der Waals surface area contributed by atoms with Gasteiger partial charge in [-0.2, -0.15) is 0 Å². The van der Waals surface area contributed by atoms with Gasteiger partial charge in [-0.05, 0) is 73.8 Å². The van der Waals surface area contributed by atoms with Crippen LogP contribution in [0.2, 0.25) is 0 Å². The van der Waals surface area contributed by atoms with Gasteiger partial charge in [0.05, 0.1) is 42.8 Å². The number of carboxylic acid groups (broad SMARTS) is 1. The minimum atomic E-state index is -1.08. The van der Waals surface area contributed by atoms with Crippen molar-refractivity contribution < 1.29 is 24.1 Å². The van der Waals surface area contributed by atoms with E-state index in [-0.39, 0.29) is 18.4 Å². The molecule has 1 aliphatic heterocycles. The molecule has 1 atom stereocenters. The number of benzene rings is 1. The molecule has 0 aliphatic carbocycles. The van der Waals surface area contributed by atoms with Crippen molar-refractivity contribution in [2.45, 2.75) is 38.2 Å². The minimum Gasteiger partial charge on any atom is -0.497 e. The highest BCUT2D eigenvalue weighted by Gasteiger charge is 2.37. The Bertz CT molecular complexity index is 1230. The Morgan fingerprint density at radius 1 is 1.34 bits per heavy atom. The Balaban J connectivity index is 1.44. The summed E-state index contributed by atoms with van der Waals surface area (Å²) in [6.45, 7) is 2.12. The first-order valence-corrected chi connectivity index (χ1v) is 12.5. The van der Waals surface area contributed by atoms with Crippen molar-refractivity contribution in [3.05, 3.63) is 58.2 Å². The molecule has 2 aromatic heterocycles. The zero-order chi connectivity index (χ0) is 24.8. The molecule has 35 heavy (non-hydrogen) atoms. The summed E-state index contributed by atoms with van der Waals surface area (Å²) in [5.41, 5.74) is 0.306. The molecule has 1 aliphatic rings. The maximum Gasteiger partial charge on any atom is 0.303 e. The number of rotatable bonds is 8. The number of aliphatic carboxylic acids is 1. The molecule has 0 radical (unpaired) electrons. The molecule has 0 bridgehead atoms. The van der Waals surface area contributed by atoms with Crippen LogP contribution in [-0.2, 0) is 4.79 Å². The average Bonchev–Trinajstić information content (AvgIpc) is 3.36. The molecule has 1 saturated heterocycles. The lowest BCUT2D eigenvalue weighted by molar-refractivity contribution is -0.141. The van der Waals surface area contributed by atoms with E-state index in [4.69, 9.17) is 4.74 Å². The summed E-state index contributed by atoms with van der Waals surface area (Å²) in [5, 5.41) is 23.1. The number of halogens is 1. The number of carboxylic acids is 1. The third-order valence-corrected chi connectivity index (χ3v) is 7.61. The summed E-state index contributed by atoms with van der Waals surface area (Å²) in [6, 6.07) is 9.10. The number of nitrogens with zero attached hydrogens (tertiary/aromatic N) is 2. The van der Waals surface area contributed by atoms with Gasteiger partial charge in [0.2, 0.25) is 0 Å². The number of aliphatic hydroxyl groups is 1. The van der Waals surface area contributed by atoms with Gasteiger partial charge < -0.3 is 14.9 Å². The molecule has 1 aromatic carbocycles. The number of ether oxygens (including phenoxy) is 1.